The summed E-state index contributed by atoms with van der Waals surface area (Å²) in [6.07, 6.45) is 1.46. The molecule has 0 bridgehead atoms. The van der Waals surface area contributed by atoms with Gasteiger partial charge in [0.1, 0.15) is 16.6 Å². The summed E-state index contributed by atoms with van der Waals surface area (Å²) in [4.78, 5) is 30.6. The Kier molecular flexibility index (Phi) is 5.23. The molecule has 2 rings (SSSR count). The molecule has 0 unspecified atom stereocenters. The summed E-state index contributed by atoms with van der Waals surface area (Å²) in [6, 6.07) is 0. The molecular weight excluding hydrogens is 354 g/mol. The zero-order chi connectivity index (χ0) is 16.3. The Labute approximate surface area is 137 Å². The maximum atomic E-state index is 12.3. The van der Waals surface area contributed by atoms with Gasteiger partial charge in [0.15, 0.2) is 0 Å². The second kappa shape index (κ2) is 6.78. The Hall–Kier alpha value is -1.41. The lowest BCUT2D eigenvalue weighted by atomic mass is 10.2. The summed E-state index contributed by atoms with van der Waals surface area (Å²) in [7, 11) is 0. The number of morpholine rings is 1. The molecule has 1 fully saturated rings. The van der Waals surface area contributed by atoms with E-state index in [1.807, 2.05) is 4.90 Å². The highest BCUT2D eigenvalue weighted by atomic mass is 79.9. The second-order valence-corrected chi connectivity index (χ2v) is 6.84. The summed E-state index contributed by atoms with van der Waals surface area (Å²) >= 11 is 3.16. The maximum absolute atomic E-state index is 12.3. The normalized spacial score (nSPS) is 15.7. The Bertz CT molecular complexity index is 603. The van der Waals surface area contributed by atoms with Crippen LogP contribution in [0, 0.1) is 0 Å². The third kappa shape index (κ3) is 4.30. The van der Waals surface area contributed by atoms with Gasteiger partial charge in [0, 0.05) is 13.1 Å². The molecule has 0 aromatic carbocycles. The summed E-state index contributed by atoms with van der Waals surface area (Å²) in [5, 5.41) is 0. The van der Waals surface area contributed by atoms with Crippen LogP contribution < -0.4 is 10.5 Å². The average molecular weight is 374 g/mol. The molecule has 22 heavy (non-hydrogen) atoms. The molecule has 0 N–H and O–H groups in total. The van der Waals surface area contributed by atoms with Crippen LogP contribution in [0.3, 0.4) is 0 Å². The van der Waals surface area contributed by atoms with Crippen LogP contribution in [-0.2, 0) is 20.8 Å². The first kappa shape index (κ1) is 17.0. The van der Waals surface area contributed by atoms with Gasteiger partial charge in [-0.3, -0.25) is 14.2 Å². The minimum atomic E-state index is -0.598. The minimum absolute atomic E-state index is 0.171. The fraction of sp³-hybridized carbons (Fsp3) is 0.643. The lowest BCUT2D eigenvalue weighted by Crippen LogP contribution is -2.42. The number of carbonyl (C=O) groups excluding carboxylic acids is 1. The number of rotatable bonds is 3. The Morgan fingerprint density at radius 2 is 2.05 bits per heavy atom. The number of anilines is 1. The topological polar surface area (TPSA) is 73.7 Å². The summed E-state index contributed by atoms with van der Waals surface area (Å²) in [6.45, 7) is 7.58. The van der Waals surface area contributed by atoms with Crippen LogP contribution in [-0.4, -0.2) is 47.4 Å². The molecule has 0 amide bonds. The van der Waals surface area contributed by atoms with Crippen LogP contribution in [0.2, 0.25) is 0 Å². The molecule has 8 heteroatoms. The number of nitrogens with zero attached hydrogens (tertiary/aromatic N) is 3. The summed E-state index contributed by atoms with van der Waals surface area (Å²) in [5.41, 5.74) is -0.901. The first-order valence-electron chi connectivity index (χ1n) is 7.08. The van der Waals surface area contributed by atoms with Gasteiger partial charge >= 0.3 is 5.97 Å². The van der Waals surface area contributed by atoms with Crippen molar-refractivity contribution in [2.45, 2.75) is 32.9 Å². The van der Waals surface area contributed by atoms with Gasteiger partial charge < -0.3 is 14.4 Å². The number of ether oxygens (including phenoxy) is 2. The van der Waals surface area contributed by atoms with Gasteiger partial charge in [0.05, 0.1) is 19.4 Å². The fourth-order valence-corrected chi connectivity index (χ4v) is 2.44. The van der Waals surface area contributed by atoms with Crippen molar-refractivity contribution in [3.8, 4) is 0 Å². The van der Waals surface area contributed by atoms with E-state index in [1.54, 1.807) is 20.8 Å². The molecule has 0 atom stereocenters. The van der Waals surface area contributed by atoms with Crippen molar-refractivity contribution in [3.63, 3.8) is 0 Å². The molecular formula is C14H20BrN3O4. The fourth-order valence-electron chi connectivity index (χ4n) is 2.12. The monoisotopic (exact) mass is 373 g/mol. The minimum Gasteiger partial charge on any atom is -0.459 e. The maximum Gasteiger partial charge on any atom is 0.326 e. The van der Waals surface area contributed by atoms with Crippen molar-refractivity contribution < 1.29 is 14.3 Å². The molecule has 0 spiro atoms. The van der Waals surface area contributed by atoms with E-state index in [4.69, 9.17) is 9.47 Å². The van der Waals surface area contributed by atoms with E-state index in [-0.39, 0.29) is 12.1 Å². The second-order valence-electron chi connectivity index (χ2n) is 5.98. The van der Waals surface area contributed by atoms with Crippen molar-refractivity contribution >= 4 is 27.8 Å². The molecule has 2 heterocycles. The highest BCUT2D eigenvalue weighted by molar-refractivity contribution is 9.10. The van der Waals surface area contributed by atoms with Gasteiger partial charge in [0.2, 0.25) is 5.95 Å². The van der Waals surface area contributed by atoms with Gasteiger partial charge in [-0.15, -0.1) is 0 Å². The first-order valence-corrected chi connectivity index (χ1v) is 7.87. The molecule has 7 nitrogen and oxygen atoms in total. The number of halogens is 1. The zero-order valence-corrected chi connectivity index (χ0v) is 14.6. The standard InChI is InChI=1S/C14H20BrN3O4/c1-14(2,3)22-11(19)9-18-12(20)10(15)8-16-13(18)17-4-6-21-7-5-17/h8H,4-7,9H2,1-3H3. The number of carbonyl (C=O) groups is 1. The molecule has 1 aliphatic rings. The first-order chi connectivity index (χ1) is 10.3. The van der Waals surface area contributed by atoms with E-state index < -0.39 is 11.6 Å². The van der Waals surface area contributed by atoms with Crippen molar-refractivity contribution in [1.29, 1.82) is 0 Å². The van der Waals surface area contributed by atoms with Gasteiger partial charge in [-0.2, -0.15) is 0 Å². The van der Waals surface area contributed by atoms with E-state index in [0.29, 0.717) is 36.7 Å². The summed E-state index contributed by atoms with van der Waals surface area (Å²) < 4.78 is 12.2. The lowest BCUT2D eigenvalue weighted by Gasteiger charge is -2.29. The highest BCUT2D eigenvalue weighted by Crippen LogP contribution is 2.15. The zero-order valence-electron chi connectivity index (χ0n) is 13.0. The molecule has 0 saturated carbocycles. The quantitative estimate of drug-likeness (QED) is 0.740. The predicted molar refractivity (Wildman–Crippen MR) is 85.1 cm³/mol. The summed E-state index contributed by atoms with van der Waals surface area (Å²) in [5.74, 6) is -0.00799. The number of hydrogen-bond donors (Lipinski definition) is 0. The lowest BCUT2D eigenvalue weighted by molar-refractivity contribution is -0.155. The van der Waals surface area contributed by atoms with E-state index in [9.17, 15) is 9.59 Å². The van der Waals surface area contributed by atoms with E-state index >= 15 is 0 Å². The number of hydrogen-bond acceptors (Lipinski definition) is 6. The van der Waals surface area contributed by atoms with E-state index in [0.717, 1.165) is 0 Å². The van der Waals surface area contributed by atoms with Crippen molar-refractivity contribution in [2.75, 3.05) is 31.2 Å². The molecule has 1 saturated heterocycles. The highest BCUT2D eigenvalue weighted by Gasteiger charge is 2.22. The van der Waals surface area contributed by atoms with E-state index in [2.05, 4.69) is 20.9 Å². The molecule has 0 aliphatic carbocycles. The largest absolute Gasteiger partial charge is 0.459 e. The van der Waals surface area contributed by atoms with Gasteiger partial charge in [0.25, 0.3) is 5.56 Å². The number of aromatic nitrogens is 2. The van der Waals surface area contributed by atoms with Crippen LogP contribution >= 0.6 is 15.9 Å². The Balaban J connectivity index is 2.29. The van der Waals surface area contributed by atoms with Gasteiger partial charge in [-0.05, 0) is 36.7 Å². The average Bonchev–Trinajstić information content (AvgIpc) is 2.43. The van der Waals surface area contributed by atoms with Crippen molar-refractivity contribution in [1.82, 2.24) is 9.55 Å². The number of esters is 1. The SMILES string of the molecule is CC(C)(C)OC(=O)Cn1c(N2CCOCC2)ncc(Br)c1=O. The van der Waals surface area contributed by atoms with Gasteiger partial charge in [-0.1, -0.05) is 0 Å². The van der Waals surface area contributed by atoms with Crippen LogP contribution in [0.4, 0.5) is 5.95 Å². The molecule has 0 radical (unpaired) electrons. The molecule has 1 aromatic rings. The molecule has 122 valence electrons. The van der Waals surface area contributed by atoms with Crippen LogP contribution in [0.15, 0.2) is 15.5 Å². The Morgan fingerprint density at radius 1 is 1.41 bits per heavy atom. The van der Waals surface area contributed by atoms with Crippen LogP contribution in [0.5, 0.6) is 0 Å². The molecule has 1 aromatic heterocycles. The van der Waals surface area contributed by atoms with Crippen molar-refractivity contribution in [3.05, 3.63) is 21.0 Å². The third-order valence-electron chi connectivity index (χ3n) is 2.99. The predicted octanol–water partition coefficient (Wildman–Crippen LogP) is 1.18. The molecule has 1 aliphatic heterocycles. The van der Waals surface area contributed by atoms with Crippen LogP contribution in [0.1, 0.15) is 20.8 Å². The Morgan fingerprint density at radius 3 is 2.64 bits per heavy atom. The third-order valence-corrected chi connectivity index (χ3v) is 3.53. The van der Waals surface area contributed by atoms with Crippen molar-refractivity contribution in [2.24, 2.45) is 0 Å². The van der Waals surface area contributed by atoms with E-state index in [1.165, 1.54) is 10.8 Å². The smallest absolute Gasteiger partial charge is 0.326 e. The van der Waals surface area contributed by atoms with Gasteiger partial charge in [-0.25, -0.2) is 4.98 Å². The van der Waals surface area contributed by atoms with Crippen LogP contribution in [0.25, 0.3) is 0 Å².